The van der Waals surface area contributed by atoms with E-state index in [1.807, 2.05) is 31.2 Å². The van der Waals surface area contributed by atoms with Crippen LogP contribution in [0.1, 0.15) is 18.1 Å². The Labute approximate surface area is 187 Å². The number of rotatable bonds is 7. The predicted octanol–water partition coefficient (Wildman–Crippen LogP) is 4.38. The van der Waals surface area contributed by atoms with Crippen molar-refractivity contribution in [2.75, 3.05) is 10.8 Å². The Morgan fingerprint density at radius 1 is 0.968 bits per heavy atom. The SMILES string of the molecule is CC(=NNC(=O)CN(c1ccc(Cl)cc1)S(=O)(=O)c1ccccc1)c1ccc(C)cc1. The summed E-state index contributed by atoms with van der Waals surface area (Å²) in [7, 11) is -3.98. The van der Waals surface area contributed by atoms with Crippen molar-refractivity contribution in [2.45, 2.75) is 18.7 Å². The lowest BCUT2D eigenvalue weighted by Crippen LogP contribution is -2.39. The number of benzene rings is 3. The second-order valence-electron chi connectivity index (χ2n) is 6.90. The van der Waals surface area contributed by atoms with Gasteiger partial charge in [-0.2, -0.15) is 5.10 Å². The van der Waals surface area contributed by atoms with E-state index in [4.69, 9.17) is 11.6 Å². The molecule has 0 saturated heterocycles. The molecule has 0 bridgehead atoms. The zero-order valence-electron chi connectivity index (χ0n) is 17.1. The number of carbonyl (C=O) groups excluding carboxylic acids is 1. The van der Waals surface area contributed by atoms with Gasteiger partial charge < -0.3 is 0 Å². The van der Waals surface area contributed by atoms with Gasteiger partial charge in [-0.1, -0.05) is 59.6 Å². The van der Waals surface area contributed by atoms with E-state index < -0.39 is 22.5 Å². The molecule has 0 aliphatic carbocycles. The molecule has 1 N–H and O–H groups in total. The van der Waals surface area contributed by atoms with E-state index in [9.17, 15) is 13.2 Å². The van der Waals surface area contributed by atoms with Crippen LogP contribution in [0.4, 0.5) is 5.69 Å². The van der Waals surface area contributed by atoms with Gasteiger partial charge in [0.25, 0.3) is 15.9 Å². The molecule has 8 heteroatoms. The molecule has 0 unspecified atom stereocenters. The number of nitrogens with one attached hydrogen (secondary N) is 1. The summed E-state index contributed by atoms with van der Waals surface area (Å²) in [5.41, 5.74) is 5.35. The molecular formula is C23H22ClN3O3S. The summed E-state index contributed by atoms with van der Waals surface area (Å²) < 4.78 is 27.5. The molecule has 0 aromatic heterocycles. The van der Waals surface area contributed by atoms with Crippen molar-refractivity contribution in [3.63, 3.8) is 0 Å². The lowest BCUT2D eigenvalue weighted by molar-refractivity contribution is -0.119. The number of amides is 1. The molecule has 0 radical (unpaired) electrons. The third kappa shape index (κ3) is 5.71. The highest BCUT2D eigenvalue weighted by molar-refractivity contribution is 7.92. The fourth-order valence-electron chi connectivity index (χ4n) is 2.81. The highest BCUT2D eigenvalue weighted by atomic mass is 35.5. The topological polar surface area (TPSA) is 78.8 Å². The molecule has 0 spiro atoms. The van der Waals surface area contributed by atoms with Crippen LogP contribution in [-0.2, 0) is 14.8 Å². The maximum atomic E-state index is 13.2. The number of sulfonamides is 1. The van der Waals surface area contributed by atoms with Gasteiger partial charge in [-0.25, -0.2) is 13.8 Å². The van der Waals surface area contributed by atoms with E-state index in [-0.39, 0.29) is 4.90 Å². The maximum absolute atomic E-state index is 13.2. The summed E-state index contributed by atoms with van der Waals surface area (Å²) in [5.74, 6) is -0.569. The summed E-state index contributed by atoms with van der Waals surface area (Å²) in [6.45, 7) is 3.31. The van der Waals surface area contributed by atoms with E-state index in [0.717, 1.165) is 15.4 Å². The van der Waals surface area contributed by atoms with E-state index in [2.05, 4.69) is 10.5 Å². The monoisotopic (exact) mass is 455 g/mol. The highest BCUT2D eigenvalue weighted by Crippen LogP contribution is 2.25. The maximum Gasteiger partial charge on any atom is 0.264 e. The lowest BCUT2D eigenvalue weighted by atomic mass is 10.1. The van der Waals surface area contributed by atoms with Crippen molar-refractivity contribution in [1.82, 2.24) is 5.43 Å². The summed E-state index contributed by atoms with van der Waals surface area (Å²) in [5, 5.41) is 4.58. The first-order valence-corrected chi connectivity index (χ1v) is 11.3. The molecule has 160 valence electrons. The third-order valence-corrected chi connectivity index (χ3v) is 6.59. The van der Waals surface area contributed by atoms with Crippen molar-refractivity contribution in [3.05, 3.63) is 95.0 Å². The van der Waals surface area contributed by atoms with Crippen LogP contribution in [0, 0.1) is 6.92 Å². The fourth-order valence-corrected chi connectivity index (χ4v) is 4.38. The molecule has 6 nitrogen and oxygen atoms in total. The van der Waals surface area contributed by atoms with E-state index in [1.165, 1.54) is 12.1 Å². The van der Waals surface area contributed by atoms with Crippen molar-refractivity contribution in [3.8, 4) is 0 Å². The van der Waals surface area contributed by atoms with E-state index in [0.29, 0.717) is 16.4 Å². The summed E-state index contributed by atoms with van der Waals surface area (Å²) in [6, 6.07) is 21.9. The van der Waals surface area contributed by atoms with Crippen LogP contribution in [0.5, 0.6) is 0 Å². The van der Waals surface area contributed by atoms with Gasteiger partial charge in [0.05, 0.1) is 16.3 Å². The largest absolute Gasteiger partial charge is 0.271 e. The number of hydrogen-bond acceptors (Lipinski definition) is 4. The minimum absolute atomic E-state index is 0.0806. The van der Waals surface area contributed by atoms with Gasteiger partial charge >= 0.3 is 0 Å². The number of nitrogens with zero attached hydrogens (tertiary/aromatic N) is 2. The van der Waals surface area contributed by atoms with Crippen LogP contribution < -0.4 is 9.73 Å². The highest BCUT2D eigenvalue weighted by Gasteiger charge is 2.27. The zero-order chi connectivity index (χ0) is 22.4. The van der Waals surface area contributed by atoms with Gasteiger partial charge in [-0.15, -0.1) is 0 Å². The summed E-state index contributed by atoms with van der Waals surface area (Å²) in [4.78, 5) is 12.7. The molecule has 1 amide bonds. The number of anilines is 1. The molecule has 3 rings (SSSR count). The quantitative estimate of drug-likeness (QED) is 0.424. The first kappa shape index (κ1) is 22.5. The van der Waals surface area contributed by atoms with Crippen molar-refractivity contribution < 1.29 is 13.2 Å². The Balaban J connectivity index is 1.84. The van der Waals surface area contributed by atoms with Gasteiger partial charge in [-0.05, 0) is 55.8 Å². The lowest BCUT2D eigenvalue weighted by Gasteiger charge is -2.23. The number of hydrazone groups is 1. The van der Waals surface area contributed by atoms with E-state index >= 15 is 0 Å². The third-order valence-electron chi connectivity index (χ3n) is 4.55. The van der Waals surface area contributed by atoms with Crippen LogP contribution in [0.15, 0.2) is 88.9 Å². The van der Waals surface area contributed by atoms with Gasteiger partial charge in [-0.3, -0.25) is 9.10 Å². The van der Waals surface area contributed by atoms with Gasteiger partial charge in [0.1, 0.15) is 6.54 Å². The molecule has 31 heavy (non-hydrogen) atoms. The summed E-state index contributed by atoms with van der Waals surface area (Å²) in [6.07, 6.45) is 0. The average molecular weight is 456 g/mol. The van der Waals surface area contributed by atoms with Crippen molar-refractivity contribution in [1.29, 1.82) is 0 Å². The Morgan fingerprint density at radius 3 is 2.19 bits per heavy atom. The van der Waals surface area contributed by atoms with Crippen molar-refractivity contribution in [2.24, 2.45) is 5.10 Å². The molecule has 3 aromatic carbocycles. The Hall–Kier alpha value is -3.16. The standard InChI is InChI=1S/C23H22ClN3O3S/c1-17-8-10-19(11-9-17)18(2)25-26-23(28)16-27(21-14-12-20(24)13-15-21)31(29,30)22-6-4-3-5-7-22/h3-15H,16H2,1-2H3,(H,26,28). The normalized spacial score (nSPS) is 11.8. The second kappa shape index (κ2) is 9.76. The van der Waals surface area contributed by atoms with Crippen LogP contribution in [0.2, 0.25) is 5.02 Å². The summed E-state index contributed by atoms with van der Waals surface area (Å²) >= 11 is 5.94. The van der Waals surface area contributed by atoms with E-state index in [1.54, 1.807) is 49.4 Å². The van der Waals surface area contributed by atoms with Crippen LogP contribution in [0.25, 0.3) is 0 Å². The Kier molecular flexibility index (Phi) is 7.09. The minimum atomic E-state index is -3.98. The first-order valence-electron chi connectivity index (χ1n) is 9.51. The predicted molar refractivity (Wildman–Crippen MR) is 124 cm³/mol. The minimum Gasteiger partial charge on any atom is -0.271 e. The molecule has 3 aromatic rings. The molecule has 0 saturated carbocycles. The molecule has 0 heterocycles. The van der Waals surface area contributed by atoms with Crippen LogP contribution >= 0.6 is 11.6 Å². The molecule has 0 atom stereocenters. The smallest absolute Gasteiger partial charge is 0.264 e. The molecule has 0 aliphatic rings. The number of hydrogen-bond donors (Lipinski definition) is 1. The Bertz CT molecular complexity index is 1180. The van der Waals surface area contributed by atoms with Gasteiger partial charge in [0, 0.05) is 5.02 Å². The fraction of sp³-hybridized carbons (Fsp3) is 0.130. The number of carbonyl (C=O) groups is 1. The Morgan fingerprint density at radius 2 is 1.58 bits per heavy atom. The van der Waals surface area contributed by atoms with Crippen LogP contribution in [0.3, 0.4) is 0 Å². The molecule has 0 aliphatic heterocycles. The van der Waals surface area contributed by atoms with Gasteiger partial charge in [0.2, 0.25) is 0 Å². The molecule has 0 fully saturated rings. The first-order chi connectivity index (χ1) is 14.8. The van der Waals surface area contributed by atoms with Gasteiger partial charge in [0.15, 0.2) is 0 Å². The number of aryl methyl sites for hydroxylation is 1. The van der Waals surface area contributed by atoms with Crippen molar-refractivity contribution >= 4 is 38.9 Å². The van der Waals surface area contributed by atoms with Crippen LogP contribution in [-0.4, -0.2) is 26.6 Å². The zero-order valence-corrected chi connectivity index (χ0v) is 18.7. The number of halogens is 1. The molecular weight excluding hydrogens is 434 g/mol. The second-order valence-corrected chi connectivity index (χ2v) is 9.20. The average Bonchev–Trinajstić information content (AvgIpc) is 2.77.